The second-order valence-corrected chi connectivity index (χ2v) is 8.36. The monoisotopic (exact) mass is 408 g/mol. The maximum Gasteiger partial charge on any atom is 0.237 e. The summed E-state index contributed by atoms with van der Waals surface area (Å²) in [5, 5.41) is 12.1. The minimum Gasteiger partial charge on any atom is -0.457 e. The molecule has 1 aliphatic carbocycles. The third-order valence-corrected chi connectivity index (χ3v) is 5.84. The lowest BCUT2D eigenvalue weighted by molar-refractivity contribution is -0.115. The van der Waals surface area contributed by atoms with E-state index in [4.69, 9.17) is 4.74 Å². The van der Waals surface area contributed by atoms with Crippen LogP contribution in [0.4, 0.5) is 5.69 Å². The van der Waals surface area contributed by atoms with Gasteiger partial charge in [0.05, 0.1) is 5.25 Å². The number of nitrogens with one attached hydrogen (secondary N) is 1. The zero-order chi connectivity index (χ0) is 20.2. The standard InChI is InChI=1S/C22H24N4O2S/c1-3-26-20(16-9-10-16)24-25-22(26)29-15(2)21(27)23-17-11-13-19(14-12-17)28-18-7-5-4-6-8-18/h4-8,11-16H,3,9-10H2,1-2H3,(H,23,27)/t15-/m0/s1. The van der Waals surface area contributed by atoms with Crippen molar-refractivity contribution in [3.8, 4) is 11.5 Å². The first-order chi connectivity index (χ1) is 14.1. The second-order valence-electron chi connectivity index (χ2n) is 7.05. The van der Waals surface area contributed by atoms with Crippen LogP contribution in [0.3, 0.4) is 0 Å². The van der Waals surface area contributed by atoms with Crippen LogP contribution in [0, 0.1) is 0 Å². The summed E-state index contributed by atoms with van der Waals surface area (Å²) in [6.45, 7) is 4.79. The fourth-order valence-corrected chi connectivity index (χ4v) is 3.93. The van der Waals surface area contributed by atoms with Crippen molar-refractivity contribution >= 4 is 23.4 Å². The Hall–Kier alpha value is -2.80. The van der Waals surface area contributed by atoms with E-state index in [2.05, 4.69) is 27.0 Å². The van der Waals surface area contributed by atoms with Gasteiger partial charge in [-0.15, -0.1) is 10.2 Å². The van der Waals surface area contributed by atoms with E-state index in [0.29, 0.717) is 5.92 Å². The van der Waals surface area contributed by atoms with Crippen molar-refractivity contribution in [3.05, 3.63) is 60.4 Å². The molecule has 1 amide bonds. The van der Waals surface area contributed by atoms with Crippen molar-refractivity contribution in [2.75, 3.05) is 5.32 Å². The van der Waals surface area contributed by atoms with Crippen LogP contribution in [0.5, 0.6) is 11.5 Å². The lowest BCUT2D eigenvalue weighted by Crippen LogP contribution is -2.23. The van der Waals surface area contributed by atoms with Gasteiger partial charge in [-0.05, 0) is 63.1 Å². The average molecular weight is 409 g/mol. The molecule has 0 saturated heterocycles. The van der Waals surface area contributed by atoms with Gasteiger partial charge in [0, 0.05) is 18.2 Å². The molecule has 1 saturated carbocycles. The molecule has 0 radical (unpaired) electrons. The van der Waals surface area contributed by atoms with Crippen LogP contribution < -0.4 is 10.1 Å². The maximum atomic E-state index is 12.6. The number of hydrogen-bond acceptors (Lipinski definition) is 5. The van der Waals surface area contributed by atoms with Gasteiger partial charge in [0.15, 0.2) is 5.16 Å². The third-order valence-electron chi connectivity index (χ3n) is 4.76. The molecule has 0 aliphatic heterocycles. The number of thioether (sulfide) groups is 1. The summed E-state index contributed by atoms with van der Waals surface area (Å²) >= 11 is 1.45. The zero-order valence-electron chi connectivity index (χ0n) is 16.5. The molecule has 2 aromatic carbocycles. The predicted molar refractivity (Wildman–Crippen MR) is 115 cm³/mol. The summed E-state index contributed by atoms with van der Waals surface area (Å²) in [7, 11) is 0. The molecule has 0 spiro atoms. The molecule has 1 aromatic heterocycles. The van der Waals surface area contributed by atoms with Crippen molar-refractivity contribution < 1.29 is 9.53 Å². The van der Waals surface area contributed by atoms with Gasteiger partial charge in [-0.2, -0.15) is 0 Å². The average Bonchev–Trinajstić information content (AvgIpc) is 3.51. The maximum absolute atomic E-state index is 12.6. The van der Waals surface area contributed by atoms with E-state index in [0.717, 1.165) is 34.7 Å². The molecule has 150 valence electrons. The molecule has 1 N–H and O–H groups in total. The predicted octanol–water partition coefficient (Wildman–Crippen LogP) is 5.09. The molecule has 1 heterocycles. The van der Waals surface area contributed by atoms with E-state index in [9.17, 15) is 4.79 Å². The summed E-state index contributed by atoms with van der Waals surface area (Å²) in [6, 6.07) is 17.0. The Kier molecular flexibility index (Phi) is 5.85. The largest absolute Gasteiger partial charge is 0.457 e. The van der Waals surface area contributed by atoms with Crippen LogP contribution in [-0.2, 0) is 11.3 Å². The van der Waals surface area contributed by atoms with Gasteiger partial charge < -0.3 is 14.6 Å². The number of rotatable bonds is 8. The van der Waals surface area contributed by atoms with Crippen LogP contribution >= 0.6 is 11.8 Å². The van der Waals surface area contributed by atoms with Crippen molar-refractivity contribution in [1.29, 1.82) is 0 Å². The van der Waals surface area contributed by atoms with Crippen molar-refractivity contribution in [2.24, 2.45) is 0 Å². The molecule has 4 rings (SSSR count). The number of carbonyl (C=O) groups excluding carboxylic acids is 1. The Bertz CT molecular complexity index is 968. The van der Waals surface area contributed by atoms with Gasteiger partial charge >= 0.3 is 0 Å². The smallest absolute Gasteiger partial charge is 0.237 e. The summed E-state index contributed by atoms with van der Waals surface area (Å²) in [6.07, 6.45) is 2.37. The van der Waals surface area contributed by atoms with Crippen molar-refractivity contribution in [2.45, 2.75) is 49.6 Å². The Morgan fingerprint density at radius 1 is 1.14 bits per heavy atom. The third kappa shape index (κ3) is 4.79. The number of benzene rings is 2. The highest BCUT2D eigenvalue weighted by Crippen LogP contribution is 2.40. The zero-order valence-corrected chi connectivity index (χ0v) is 17.4. The highest BCUT2D eigenvalue weighted by atomic mass is 32.2. The number of ether oxygens (including phenoxy) is 1. The topological polar surface area (TPSA) is 69.0 Å². The number of nitrogens with zero attached hydrogens (tertiary/aromatic N) is 3. The molecule has 0 bridgehead atoms. The Balaban J connectivity index is 1.35. The second kappa shape index (κ2) is 8.69. The lowest BCUT2D eigenvalue weighted by atomic mass is 10.3. The normalized spacial score (nSPS) is 14.4. The Morgan fingerprint density at radius 3 is 2.48 bits per heavy atom. The molecule has 1 fully saturated rings. The van der Waals surface area contributed by atoms with E-state index in [-0.39, 0.29) is 11.2 Å². The first-order valence-electron chi connectivity index (χ1n) is 9.87. The van der Waals surface area contributed by atoms with Crippen LogP contribution in [0.15, 0.2) is 59.8 Å². The number of hydrogen-bond donors (Lipinski definition) is 1. The minimum absolute atomic E-state index is 0.0645. The number of para-hydroxylation sites is 1. The summed E-state index contributed by atoms with van der Waals surface area (Å²) < 4.78 is 7.91. The summed E-state index contributed by atoms with van der Waals surface area (Å²) in [4.78, 5) is 12.6. The highest BCUT2D eigenvalue weighted by Gasteiger charge is 2.30. The van der Waals surface area contributed by atoms with Gasteiger partial charge in [-0.3, -0.25) is 4.79 Å². The molecule has 29 heavy (non-hydrogen) atoms. The van der Waals surface area contributed by atoms with E-state index >= 15 is 0 Å². The fourth-order valence-electron chi connectivity index (χ4n) is 3.01. The van der Waals surface area contributed by atoms with E-state index in [1.807, 2.05) is 61.5 Å². The van der Waals surface area contributed by atoms with Crippen LogP contribution in [0.25, 0.3) is 0 Å². The van der Waals surface area contributed by atoms with E-state index in [1.165, 1.54) is 24.6 Å². The van der Waals surface area contributed by atoms with Crippen LogP contribution in [0.2, 0.25) is 0 Å². The van der Waals surface area contributed by atoms with Gasteiger partial charge in [-0.1, -0.05) is 30.0 Å². The molecule has 7 heteroatoms. The number of carbonyl (C=O) groups is 1. The molecule has 0 unspecified atom stereocenters. The first-order valence-corrected chi connectivity index (χ1v) is 10.8. The number of anilines is 1. The van der Waals surface area contributed by atoms with Crippen LogP contribution in [0.1, 0.15) is 38.4 Å². The van der Waals surface area contributed by atoms with Gasteiger partial charge in [-0.25, -0.2) is 0 Å². The fraction of sp³-hybridized carbons (Fsp3) is 0.318. The Morgan fingerprint density at radius 2 is 1.83 bits per heavy atom. The minimum atomic E-state index is -0.281. The SMILES string of the molecule is CCn1c(S[C@@H](C)C(=O)Nc2ccc(Oc3ccccc3)cc2)nnc1C1CC1. The summed E-state index contributed by atoms with van der Waals surface area (Å²) in [5.41, 5.74) is 0.735. The molecular formula is C22H24N4O2S. The van der Waals surface area contributed by atoms with E-state index in [1.54, 1.807) is 0 Å². The molecule has 6 nitrogen and oxygen atoms in total. The van der Waals surface area contributed by atoms with Gasteiger partial charge in [0.2, 0.25) is 5.91 Å². The number of aromatic nitrogens is 3. The quantitative estimate of drug-likeness (QED) is 0.526. The molecule has 3 aromatic rings. The molecule has 1 aliphatic rings. The molecule has 1 atom stereocenters. The first kappa shape index (κ1) is 19.5. The number of amides is 1. The van der Waals surface area contributed by atoms with E-state index < -0.39 is 0 Å². The highest BCUT2D eigenvalue weighted by molar-refractivity contribution is 8.00. The lowest BCUT2D eigenvalue weighted by Gasteiger charge is -2.13. The van der Waals surface area contributed by atoms with Crippen LogP contribution in [-0.4, -0.2) is 25.9 Å². The van der Waals surface area contributed by atoms with Crippen molar-refractivity contribution in [3.63, 3.8) is 0 Å². The van der Waals surface area contributed by atoms with Gasteiger partial charge in [0.25, 0.3) is 0 Å². The van der Waals surface area contributed by atoms with Crippen molar-refractivity contribution in [1.82, 2.24) is 14.8 Å². The molecular weight excluding hydrogens is 384 g/mol. The van der Waals surface area contributed by atoms with Gasteiger partial charge in [0.1, 0.15) is 17.3 Å². The Labute approximate surface area is 174 Å². The summed E-state index contributed by atoms with van der Waals surface area (Å²) in [5.74, 6) is 3.03.